The van der Waals surface area contributed by atoms with E-state index in [0.29, 0.717) is 42.0 Å². The van der Waals surface area contributed by atoms with Crippen LogP contribution >= 0.6 is 0 Å². The molecule has 6 rings (SSSR count). The molecule has 2 N–H and O–H groups in total. The van der Waals surface area contributed by atoms with E-state index in [1.165, 1.54) is 4.57 Å². The third-order valence-corrected chi connectivity index (χ3v) is 7.40. The van der Waals surface area contributed by atoms with E-state index in [2.05, 4.69) is 4.98 Å². The van der Waals surface area contributed by atoms with Crippen molar-refractivity contribution in [2.24, 2.45) is 17.8 Å². The molecule has 27 heavy (non-hydrogen) atoms. The highest BCUT2D eigenvalue weighted by Gasteiger charge is 2.63. The number of fused-ring (bicyclic) bond motifs is 1. The number of H-pyrrole nitrogens is 1. The van der Waals surface area contributed by atoms with Crippen LogP contribution in [0.2, 0.25) is 0 Å². The summed E-state index contributed by atoms with van der Waals surface area (Å²) in [5.74, 6) is 2.10. The van der Waals surface area contributed by atoms with Crippen molar-refractivity contribution in [3.05, 3.63) is 26.7 Å². The second kappa shape index (κ2) is 5.80. The molecule has 4 aliphatic rings. The van der Waals surface area contributed by atoms with E-state index in [9.17, 15) is 14.7 Å². The second-order valence-electron chi connectivity index (χ2n) is 8.92. The second-order valence-corrected chi connectivity index (χ2v) is 8.92. The Morgan fingerprint density at radius 2 is 1.74 bits per heavy atom. The molecular weight excluding hydrogens is 344 g/mol. The highest BCUT2D eigenvalue weighted by molar-refractivity contribution is 5.70. The molecule has 5 atom stereocenters. The van der Waals surface area contributed by atoms with Crippen molar-refractivity contribution in [2.75, 3.05) is 0 Å². The lowest BCUT2D eigenvalue weighted by molar-refractivity contribution is 0.0167. The van der Waals surface area contributed by atoms with Crippen LogP contribution in [0, 0.1) is 17.8 Å². The van der Waals surface area contributed by atoms with Crippen LogP contribution in [0.4, 0.5) is 0 Å². The summed E-state index contributed by atoms with van der Waals surface area (Å²) in [6.45, 7) is 4.98. The maximum Gasteiger partial charge on any atom is 0.332 e. The number of hydrogen-bond donors (Lipinski definition) is 2. The van der Waals surface area contributed by atoms with Crippen LogP contribution in [0.5, 0.6) is 0 Å². The van der Waals surface area contributed by atoms with Crippen molar-refractivity contribution in [3.8, 4) is 0 Å². The molecule has 2 aromatic rings. The van der Waals surface area contributed by atoms with Crippen molar-refractivity contribution in [2.45, 2.75) is 77.0 Å². The van der Waals surface area contributed by atoms with E-state index in [1.807, 2.05) is 13.8 Å². The molecule has 0 radical (unpaired) electrons. The van der Waals surface area contributed by atoms with Crippen LogP contribution < -0.4 is 11.2 Å². The van der Waals surface area contributed by atoms with Gasteiger partial charge in [0.05, 0.1) is 6.10 Å². The van der Waals surface area contributed by atoms with Crippen LogP contribution in [-0.4, -0.2) is 30.3 Å². The van der Waals surface area contributed by atoms with Gasteiger partial charge in [0.15, 0.2) is 5.65 Å². The molecule has 0 aromatic carbocycles. The molecular formula is C20H28N4O3. The average molecular weight is 372 g/mol. The standard InChI is InChI=1S/C20H28N4O3/c1-3-5-23-16-14(17(26)24(6-4-2)19(23)27)21-18(22-16)20-9-11-7-13(20)8-12(10-20)15(11)25/h11-13,15,25H,3-10H2,1-2H3,(H,21,22)/t11-,12?,13+,15+,20?/m1/s1. The van der Waals surface area contributed by atoms with Crippen molar-refractivity contribution in [1.82, 2.24) is 19.1 Å². The highest BCUT2D eigenvalue weighted by Crippen LogP contribution is 2.65. The van der Waals surface area contributed by atoms with Crippen LogP contribution in [0.15, 0.2) is 9.59 Å². The maximum atomic E-state index is 13.0. The Morgan fingerprint density at radius 1 is 1.11 bits per heavy atom. The lowest BCUT2D eigenvalue weighted by Gasteiger charge is -2.34. The van der Waals surface area contributed by atoms with Crippen LogP contribution in [0.25, 0.3) is 11.2 Å². The van der Waals surface area contributed by atoms with Gasteiger partial charge in [-0.05, 0) is 56.3 Å². The van der Waals surface area contributed by atoms with Crippen molar-refractivity contribution < 1.29 is 5.11 Å². The summed E-state index contributed by atoms with van der Waals surface area (Å²) in [6, 6.07) is 0. The summed E-state index contributed by atoms with van der Waals surface area (Å²) in [4.78, 5) is 34.1. The molecule has 7 nitrogen and oxygen atoms in total. The Labute approximate surface area is 157 Å². The summed E-state index contributed by atoms with van der Waals surface area (Å²) in [6.07, 6.45) is 5.35. The first-order valence-electron chi connectivity index (χ1n) is 10.4. The zero-order valence-electron chi connectivity index (χ0n) is 16.1. The first-order chi connectivity index (χ1) is 13.0. The summed E-state index contributed by atoms with van der Waals surface area (Å²) in [5.41, 5.74) is 0.419. The highest BCUT2D eigenvalue weighted by atomic mass is 16.3. The maximum absolute atomic E-state index is 13.0. The minimum Gasteiger partial charge on any atom is -0.393 e. The van der Waals surface area contributed by atoms with Gasteiger partial charge in [-0.2, -0.15) is 0 Å². The van der Waals surface area contributed by atoms with E-state index in [1.54, 1.807) is 4.57 Å². The van der Waals surface area contributed by atoms with Gasteiger partial charge in [0.1, 0.15) is 11.3 Å². The SMILES string of the molecule is CCCn1c(=O)c2[nH]c(C34CC5C[C@@H]3C[C@H](C4)[C@@H]5O)nc2n(CCC)c1=O. The predicted octanol–water partition coefficient (Wildman–Crippen LogP) is 1.75. The Hall–Kier alpha value is -1.89. The van der Waals surface area contributed by atoms with Crippen molar-refractivity contribution >= 4 is 11.2 Å². The predicted molar refractivity (Wildman–Crippen MR) is 102 cm³/mol. The quantitative estimate of drug-likeness (QED) is 0.836. The van der Waals surface area contributed by atoms with Gasteiger partial charge in [-0.1, -0.05) is 13.8 Å². The topological polar surface area (TPSA) is 92.9 Å². The van der Waals surface area contributed by atoms with E-state index >= 15 is 0 Å². The lowest BCUT2D eigenvalue weighted by Crippen LogP contribution is -2.40. The van der Waals surface area contributed by atoms with E-state index < -0.39 is 0 Å². The van der Waals surface area contributed by atoms with Crippen molar-refractivity contribution in [1.29, 1.82) is 0 Å². The Morgan fingerprint density at radius 3 is 2.37 bits per heavy atom. The number of rotatable bonds is 5. The van der Waals surface area contributed by atoms with Gasteiger partial charge >= 0.3 is 5.69 Å². The molecule has 4 aliphatic carbocycles. The van der Waals surface area contributed by atoms with Gasteiger partial charge in [0.2, 0.25) is 0 Å². The monoisotopic (exact) mass is 372 g/mol. The summed E-state index contributed by atoms with van der Waals surface area (Å²) >= 11 is 0. The zero-order chi connectivity index (χ0) is 18.9. The van der Waals surface area contributed by atoms with Crippen LogP contribution in [0.3, 0.4) is 0 Å². The number of aromatic amines is 1. The molecule has 7 heteroatoms. The van der Waals surface area contributed by atoms with Gasteiger partial charge in [-0.25, -0.2) is 9.78 Å². The van der Waals surface area contributed by atoms with Crippen LogP contribution in [0.1, 0.15) is 58.2 Å². The average Bonchev–Trinajstić information content (AvgIpc) is 3.29. The number of aliphatic hydroxyl groups is 1. The summed E-state index contributed by atoms with van der Waals surface area (Å²) < 4.78 is 3.01. The number of hydrogen-bond acceptors (Lipinski definition) is 4. The molecule has 0 spiro atoms. The number of aliphatic hydroxyl groups excluding tert-OH is 1. The first-order valence-corrected chi connectivity index (χ1v) is 10.4. The molecule has 0 aliphatic heterocycles. The number of imidazole rings is 1. The molecule has 2 aromatic heterocycles. The molecule has 146 valence electrons. The Bertz CT molecular complexity index is 1000. The van der Waals surface area contributed by atoms with Crippen molar-refractivity contribution in [3.63, 3.8) is 0 Å². The fraction of sp³-hybridized carbons (Fsp3) is 0.750. The normalized spacial score (nSPS) is 34.2. The smallest absolute Gasteiger partial charge is 0.332 e. The van der Waals surface area contributed by atoms with E-state index in [-0.39, 0.29) is 22.8 Å². The Balaban J connectivity index is 1.71. The largest absolute Gasteiger partial charge is 0.393 e. The minimum absolute atomic E-state index is 0.0529. The number of nitrogens with zero attached hydrogens (tertiary/aromatic N) is 3. The van der Waals surface area contributed by atoms with Gasteiger partial charge in [0, 0.05) is 18.5 Å². The molecule has 2 heterocycles. The van der Waals surface area contributed by atoms with E-state index in [4.69, 9.17) is 4.98 Å². The fourth-order valence-corrected chi connectivity index (χ4v) is 6.34. The molecule has 4 saturated carbocycles. The third-order valence-electron chi connectivity index (χ3n) is 7.40. The zero-order valence-corrected chi connectivity index (χ0v) is 16.1. The molecule has 4 bridgehead atoms. The van der Waals surface area contributed by atoms with Crippen LogP contribution in [-0.2, 0) is 18.5 Å². The third kappa shape index (κ3) is 2.15. The van der Waals surface area contributed by atoms with Gasteiger partial charge in [0.25, 0.3) is 5.56 Å². The van der Waals surface area contributed by atoms with Gasteiger partial charge in [-0.15, -0.1) is 0 Å². The number of aromatic nitrogens is 4. The summed E-state index contributed by atoms with van der Waals surface area (Å²) in [7, 11) is 0. The molecule has 2 unspecified atom stereocenters. The van der Waals surface area contributed by atoms with Gasteiger partial charge in [-0.3, -0.25) is 13.9 Å². The number of nitrogens with one attached hydrogen (secondary N) is 1. The minimum atomic E-state index is -0.253. The molecule has 0 amide bonds. The van der Waals surface area contributed by atoms with E-state index in [0.717, 1.165) is 44.3 Å². The number of aryl methyl sites for hydroxylation is 1. The Kier molecular flexibility index (Phi) is 3.70. The molecule has 0 saturated heterocycles. The van der Waals surface area contributed by atoms with Gasteiger partial charge < -0.3 is 10.1 Å². The first kappa shape index (κ1) is 17.2. The fourth-order valence-electron chi connectivity index (χ4n) is 6.34. The lowest BCUT2D eigenvalue weighted by atomic mass is 9.73. The summed E-state index contributed by atoms with van der Waals surface area (Å²) in [5, 5.41) is 10.5. The molecule has 4 fully saturated rings.